The number of hydrogen-bond donors (Lipinski definition) is 1. The smallest absolute Gasteiger partial charge is 0.280 e. The number of benzene rings is 3. The summed E-state index contributed by atoms with van der Waals surface area (Å²) in [6, 6.07) is 24.8. The summed E-state index contributed by atoms with van der Waals surface area (Å²) in [5.74, 6) is 0.137. The lowest BCUT2D eigenvalue weighted by molar-refractivity contribution is -0.127. The van der Waals surface area contributed by atoms with Gasteiger partial charge in [-0.15, -0.1) is 0 Å². The van der Waals surface area contributed by atoms with Gasteiger partial charge in [0.15, 0.2) is 6.10 Å². The summed E-state index contributed by atoms with van der Waals surface area (Å²) in [6.07, 6.45) is 2.72. The van der Waals surface area contributed by atoms with E-state index in [0.29, 0.717) is 10.8 Å². The zero-order valence-corrected chi connectivity index (χ0v) is 19.0. The second-order valence-electron chi connectivity index (χ2n) is 7.53. The molecule has 1 aromatic heterocycles. The Balaban J connectivity index is 1.52. The van der Waals surface area contributed by atoms with E-state index in [9.17, 15) is 4.79 Å². The van der Waals surface area contributed by atoms with Crippen LogP contribution in [0.25, 0.3) is 16.9 Å². The first-order chi connectivity index (χ1) is 16.0. The average molecular weight is 459 g/mol. The zero-order valence-electron chi connectivity index (χ0n) is 18.3. The molecular weight excluding hydrogens is 436 g/mol. The Hall–Kier alpha value is -3.90. The third-order valence-electron chi connectivity index (χ3n) is 4.94. The Morgan fingerprint density at radius 2 is 1.85 bits per heavy atom. The lowest BCUT2D eigenvalue weighted by atomic mass is 10.1. The fraction of sp³-hybridized carbons (Fsp3) is 0.115. The molecule has 0 spiro atoms. The van der Waals surface area contributed by atoms with E-state index in [4.69, 9.17) is 21.4 Å². The number of hydrazone groups is 1. The van der Waals surface area contributed by atoms with Crippen LogP contribution in [-0.2, 0) is 4.79 Å². The fourth-order valence-corrected chi connectivity index (χ4v) is 3.37. The van der Waals surface area contributed by atoms with Crippen molar-refractivity contribution in [3.8, 4) is 22.7 Å². The van der Waals surface area contributed by atoms with E-state index in [0.717, 1.165) is 28.1 Å². The molecule has 1 unspecified atom stereocenters. The van der Waals surface area contributed by atoms with Crippen LogP contribution in [0.4, 0.5) is 0 Å². The van der Waals surface area contributed by atoms with Gasteiger partial charge in [-0.2, -0.15) is 10.2 Å². The predicted octanol–water partition coefficient (Wildman–Crippen LogP) is 5.42. The largest absolute Gasteiger partial charge is 0.481 e. The zero-order chi connectivity index (χ0) is 23.2. The van der Waals surface area contributed by atoms with E-state index in [2.05, 4.69) is 10.5 Å². The molecule has 0 saturated heterocycles. The molecule has 7 heteroatoms. The third kappa shape index (κ3) is 5.67. The Bertz CT molecular complexity index is 1270. The standard InChI is InChI=1S/C26H23ClN4O2/c1-18-11-13-20(14-12-18)25-21(17-31(30-25)23-8-4-3-5-9-23)16-28-29-26(32)19(2)33-24-10-6-7-22(27)15-24/h3-17,19H,1-2H3,(H,29,32)/b28-16+. The maximum absolute atomic E-state index is 12.4. The lowest BCUT2D eigenvalue weighted by Gasteiger charge is -2.12. The van der Waals surface area contributed by atoms with E-state index in [-0.39, 0.29) is 5.91 Å². The SMILES string of the molecule is Cc1ccc(-c2nn(-c3ccccc3)cc2/C=N/NC(=O)C(C)Oc2cccc(Cl)c2)cc1. The van der Waals surface area contributed by atoms with Gasteiger partial charge in [0.05, 0.1) is 11.9 Å². The summed E-state index contributed by atoms with van der Waals surface area (Å²) in [7, 11) is 0. The van der Waals surface area contributed by atoms with Gasteiger partial charge in [0.25, 0.3) is 5.91 Å². The molecule has 4 aromatic rings. The number of ether oxygens (including phenoxy) is 1. The van der Waals surface area contributed by atoms with E-state index in [1.54, 1.807) is 42.1 Å². The number of carbonyl (C=O) groups is 1. The van der Waals surface area contributed by atoms with Crippen molar-refractivity contribution in [2.45, 2.75) is 20.0 Å². The molecule has 0 bridgehead atoms. The van der Waals surface area contributed by atoms with Gasteiger partial charge in [0, 0.05) is 22.3 Å². The minimum absolute atomic E-state index is 0.376. The van der Waals surface area contributed by atoms with Gasteiger partial charge in [-0.05, 0) is 44.2 Å². The van der Waals surface area contributed by atoms with Crippen LogP contribution in [0.3, 0.4) is 0 Å². The maximum atomic E-state index is 12.4. The Labute approximate surface area is 197 Å². The quantitative estimate of drug-likeness (QED) is 0.297. The van der Waals surface area contributed by atoms with E-state index < -0.39 is 6.10 Å². The molecule has 166 valence electrons. The van der Waals surface area contributed by atoms with Crippen LogP contribution in [0.1, 0.15) is 18.1 Å². The summed E-state index contributed by atoms with van der Waals surface area (Å²) >= 11 is 5.97. The third-order valence-corrected chi connectivity index (χ3v) is 5.18. The summed E-state index contributed by atoms with van der Waals surface area (Å²) < 4.78 is 7.43. The van der Waals surface area contributed by atoms with Gasteiger partial charge in [0.2, 0.25) is 0 Å². The number of carbonyl (C=O) groups excluding carboxylic acids is 1. The number of hydrogen-bond acceptors (Lipinski definition) is 4. The number of aromatic nitrogens is 2. The van der Waals surface area contributed by atoms with Crippen molar-refractivity contribution in [3.05, 3.63) is 101 Å². The van der Waals surface area contributed by atoms with Gasteiger partial charge in [0.1, 0.15) is 11.4 Å². The molecule has 4 rings (SSSR count). The maximum Gasteiger partial charge on any atom is 0.280 e. The van der Waals surface area contributed by atoms with Gasteiger partial charge in [-0.3, -0.25) is 4.79 Å². The van der Waals surface area contributed by atoms with Crippen LogP contribution in [0, 0.1) is 6.92 Å². The van der Waals surface area contributed by atoms with E-state index in [1.807, 2.05) is 67.7 Å². The Morgan fingerprint density at radius 1 is 1.09 bits per heavy atom. The molecule has 1 atom stereocenters. The highest BCUT2D eigenvalue weighted by Gasteiger charge is 2.15. The monoisotopic (exact) mass is 458 g/mol. The van der Waals surface area contributed by atoms with Gasteiger partial charge in [-0.1, -0.05) is 65.7 Å². The predicted molar refractivity (Wildman–Crippen MR) is 131 cm³/mol. The van der Waals surface area contributed by atoms with Crippen molar-refractivity contribution in [2.75, 3.05) is 0 Å². The highest BCUT2D eigenvalue weighted by molar-refractivity contribution is 6.30. The fourth-order valence-electron chi connectivity index (χ4n) is 3.18. The molecule has 6 nitrogen and oxygen atoms in total. The highest BCUT2D eigenvalue weighted by Crippen LogP contribution is 2.23. The van der Waals surface area contributed by atoms with Crippen LogP contribution in [0.2, 0.25) is 5.02 Å². The number of amides is 1. The van der Waals surface area contributed by atoms with Crippen LogP contribution in [0.15, 0.2) is 90.2 Å². The van der Waals surface area contributed by atoms with E-state index >= 15 is 0 Å². The second kappa shape index (κ2) is 10.1. The number of aryl methyl sites for hydroxylation is 1. The molecule has 0 fully saturated rings. The number of para-hydroxylation sites is 1. The average Bonchev–Trinajstić information content (AvgIpc) is 3.24. The van der Waals surface area contributed by atoms with Crippen LogP contribution < -0.4 is 10.2 Å². The molecule has 1 amide bonds. The molecule has 33 heavy (non-hydrogen) atoms. The summed E-state index contributed by atoms with van der Waals surface area (Å²) in [5.41, 5.74) is 7.12. The van der Waals surface area contributed by atoms with Crippen LogP contribution in [-0.4, -0.2) is 28.0 Å². The number of halogens is 1. The van der Waals surface area contributed by atoms with Crippen LogP contribution in [0.5, 0.6) is 5.75 Å². The second-order valence-corrected chi connectivity index (χ2v) is 7.97. The Kier molecular flexibility index (Phi) is 6.86. The minimum Gasteiger partial charge on any atom is -0.481 e. The first kappa shape index (κ1) is 22.3. The highest BCUT2D eigenvalue weighted by atomic mass is 35.5. The molecule has 0 aliphatic heterocycles. The number of nitrogens with zero attached hydrogens (tertiary/aromatic N) is 3. The summed E-state index contributed by atoms with van der Waals surface area (Å²) in [4.78, 5) is 12.4. The van der Waals surface area contributed by atoms with Crippen molar-refractivity contribution >= 4 is 23.7 Å². The molecular formula is C26H23ClN4O2. The number of rotatable bonds is 7. The Morgan fingerprint density at radius 3 is 2.58 bits per heavy atom. The van der Waals surface area contributed by atoms with Crippen molar-refractivity contribution in [1.82, 2.24) is 15.2 Å². The van der Waals surface area contributed by atoms with Crippen LogP contribution >= 0.6 is 11.6 Å². The van der Waals surface area contributed by atoms with Crippen molar-refractivity contribution in [3.63, 3.8) is 0 Å². The van der Waals surface area contributed by atoms with Gasteiger partial charge < -0.3 is 4.74 Å². The molecule has 3 aromatic carbocycles. The van der Waals surface area contributed by atoms with E-state index in [1.165, 1.54) is 0 Å². The van der Waals surface area contributed by atoms with Gasteiger partial charge in [-0.25, -0.2) is 10.1 Å². The lowest BCUT2D eigenvalue weighted by Crippen LogP contribution is -2.33. The molecule has 1 heterocycles. The molecule has 1 N–H and O–H groups in total. The van der Waals surface area contributed by atoms with Crippen molar-refractivity contribution in [1.29, 1.82) is 0 Å². The molecule has 0 saturated carbocycles. The molecule has 0 aliphatic rings. The van der Waals surface area contributed by atoms with Crippen molar-refractivity contribution in [2.24, 2.45) is 5.10 Å². The first-order valence-corrected chi connectivity index (χ1v) is 10.8. The molecule has 0 aliphatic carbocycles. The summed E-state index contributed by atoms with van der Waals surface area (Å²) in [6.45, 7) is 3.69. The first-order valence-electron chi connectivity index (χ1n) is 10.5. The molecule has 0 radical (unpaired) electrons. The van der Waals surface area contributed by atoms with Gasteiger partial charge >= 0.3 is 0 Å². The van der Waals surface area contributed by atoms with Crippen molar-refractivity contribution < 1.29 is 9.53 Å². The summed E-state index contributed by atoms with van der Waals surface area (Å²) in [5, 5.41) is 9.44. The topological polar surface area (TPSA) is 68.5 Å². The normalized spacial score (nSPS) is 12.0. The minimum atomic E-state index is -0.746. The number of nitrogens with one attached hydrogen (secondary N) is 1.